The van der Waals surface area contributed by atoms with Crippen molar-refractivity contribution in [1.82, 2.24) is 0 Å². The van der Waals surface area contributed by atoms with Crippen LogP contribution >= 0.6 is 0 Å². The van der Waals surface area contributed by atoms with Crippen LogP contribution in [0.3, 0.4) is 0 Å². The van der Waals surface area contributed by atoms with Gasteiger partial charge in [0.2, 0.25) is 0 Å². The Balaban J connectivity index is -0.00000000333. The zero-order valence-electron chi connectivity index (χ0n) is 5.71. The van der Waals surface area contributed by atoms with E-state index in [9.17, 15) is 0 Å². The second-order valence-corrected chi connectivity index (χ2v) is 0.177. The average Bonchev–Trinajstić information content (AvgIpc) is 0.918. The Bertz CT molecular complexity index is 34.7. The standard InChI is InChI=1S/C2H3N.2Na.2H/c1-2-3;;;;/h3H,1H2;;;;/q;2*+1;2*-1. The molecule has 0 saturated heterocycles. The maximum Gasteiger partial charge on any atom is 1.00 e. The smallest absolute Gasteiger partial charge is 1.00 e. The molecule has 0 heterocycles. The summed E-state index contributed by atoms with van der Waals surface area (Å²) >= 11 is 0. The molecule has 1 N–H and O–H groups in total. The first-order chi connectivity index (χ1) is 1.41. The summed E-state index contributed by atoms with van der Waals surface area (Å²) < 4.78 is 0. The summed E-state index contributed by atoms with van der Waals surface area (Å²) in [5.41, 5.74) is 0. The minimum Gasteiger partial charge on any atom is -1.00 e. The van der Waals surface area contributed by atoms with Gasteiger partial charge in [0.05, 0.1) is 0 Å². The van der Waals surface area contributed by atoms with Gasteiger partial charge in [0.1, 0.15) is 0 Å². The van der Waals surface area contributed by atoms with Crippen molar-refractivity contribution >= 4 is 5.87 Å². The van der Waals surface area contributed by atoms with Gasteiger partial charge in [-0.2, -0.15) is 0 Å². The van der Waals surface area contributed by atoms with Gasteiger partial charge in [-0.25, -0.2) is 0 Å². The molecule has 3 heteroatoms. The third-order valence-corrected chi connectivity index (χ3v) is 0. The monoisotopic (exact) mass is 89.0 g/mol. The molecule has 0 bridgehead atoms. The molecule has 0 atom stereocenters. The van der Waals surface area contributed by atoms with Crippen LogP contribution < -0.4 is 59.1 Å². The van der Waals surface area contributed by atoms with Crippen molar-refractivity contribution in [3.05, 3.63) is 6.58 Å². The van der Waals surface area contributed by atoms with Gasteiger partial charge >= 0.3 is 59.1 Å². The molecule has 5 heavy (non-hydrogen) atoms. The molecule has 0 spiro atoms. The minimum absolute atomic E-state index is 0. The van der Waals surface area contributed by atoms with Gasteiger partial charge in [-0.05, 0) is 12.4 Å². The molecule has 0 aromatic rings. The van der Waals surface area contributed by atoms with Gasteiger partial charge < -0.3 is 2.85 Å². The first-order valence-electron chi connectivity index (χ1n) is 0.604. The van der Waals surface area contributed by atoms with Gasteiger partial charge in [0.15, 0.2) is 0 Å². The average molecular weight is 89.0 g/mol. The Morgan fingerprint density at radius 2 is 1.60 bits per heavy atom. The molecular weight excluding hydrogens is 84.0 g/mol. The Hall–Kier alpha value is 1.45. The van der Waals surface area contributed by atoms with E-state index >= 15 is 0 Å². The van der Waals surface area contributed by atoms with Crippen LogP contribution in [0, 0.1) is 5.41 Å². The minimum atomic E-state index is 0. The maximum atomic E-state index is 5.85. The molecule has 0 saturated carbocycles. The summed E-state index contributed by atoms with van der Waals surface area (Å²) in [6, 6.07) is 0. The molecular formula is C2H5NNa2. The SMILES string of the molecule is C=C=N.[H-].[H-].[Na+].[Na+]. The van der Waals surface area contributed by atoms with Gasteiger partial charge in [-0.3, -0.25) is 5.41 Å². The molecule has 0 aliphatic carbocycles. The van der Waals surface area contributed by atoms with Crippen LogP contribution in [-0.4, -0.2) is 5.87 Å². The van der Waals surface area contributed by atoms with Crippen LogP contribution in [0.25, 0.3) is 0 Å². The fourth-order valence-corrected chi connectivity index (χ4v) is 0. The first-order valence-corrected chi connectivity index (χ1v) is 0.604. The number of rotatable bonds is 0. The summed E-state index contributed by atoms with van der Waals surface area (Å²) in [7, 11) is 0. The Morgan fingerprint density at radius 3 is 1.60 bits per heavy atom. The van der Waals surface area contributed by atoms with Crippen molar-refractivity contribution in [3.8, 4) is 0 Å². The Labute approximate surface area is 78.9 Å². The second-order valence-electron chi connectivity index (χ2n) is 0.177. The van der Waals surface area contributed by atoms with E-state index in [1.807, 2.05) is 0 Å². The molecule has 0 aromatic carbocycles. The van der Waals surface area contributed by atoms with Gasteiger partial charge in [0.25, 0.3) is 0 Å². The second kappa shape index (κ2) is 18.0. The van der Waals surface area contributed by atoms with E-state index in [0.717, 1.165) is 0 Å². The third-order valence-electron chi connectivity index (χ3n) is 0. The van der Waals surface area contributed by atoms with Crippen LogP contribution in [0.2, 0.25) is 0 Å². The number of hydrogen-bond donors (Lipinski definition) is 1. The molecule has 0 radical (unpaired) electrons. The van der Waals surface area contributed by atoms with Crippen LogP contribution in [0.4, 0.5) is 0 Å². The summed E-state index contributed by atoms with van der Waals surface area (Å²) in [5.74, 6) is 1.75. The zero-order chi connectivity index (χ0) is 2.71. The van der Waals surface area contributed by atoms with Crippen LogP contribution in [0.1, 0.15) is 2.85 Å². The molecule has 0 fully saturated rings. The summed E-state index contributed by atoms with van der Waals surface area (Å²) in [6.45, 7) is 2.90. The van der Waals surface area contributed by atoms with Crippen molar-refractivity contribution in [2.24, 2.45) is 0 Å². The molecule has 0 unspecified atom stereocenters. The number of nitrogens with one attached hydrogen (secondary N) is 1. The molecule has 20 valence electrons. The van der Waals surface area contributed by atoms with E-state index in [1.54, 1.807) is 5.87 Å². The largest absolute Gasteiger partial charge is 1.00 e. The van der Waals surface area contributed by atoms with Crippen molar-refractivity contribution in [1.29, 1.82) is 5.41 Å². The molecule has 0 amide bonds. The molecule has 1 nitrogen and oxygen atoms in total. The fourth-order valence-electron chi connectivity index (χ4n) is 0. The fraction of sp³-hybridized carbons (Fsp3) is 0. The number of hydrogen-bond acceptors (Lipinski definition) is 1. The predicted molar refractivity (Wildman–Crippen MR) is 15.6 cm³/mol. The van der Waals surface area contributed by atoms with Crippen LogP contribution in [-0.2, 0) is 0 Å². The summed E-state index contributed by atoms with van der Waals surface area (Å²) in [6.07, 6.45) is 0. The zero-order valence-corrected chi connectivity index (χ0v) is 7.71. The van der Waals surface area contributed by atoms with E-state index in [1.165, 1.54) is 0 Å². The molecule has 0 aromatic heterocycles. The first kappa shape index (κ1) is 16.1. The normalized spacial score (nSPS) is 1.60. The Kier molecular flexibility index (Phi) is 57.9. The van der Waals surface area contributed by atoms with Gasteiger partial charge in [0, 0.05) is 0 Å². The summed E-state index contributed by atoms with van der Waals surface area (Å²) in [4.78, 5) is 0. The van der Waals surface area contributed by atoms with E-state index < -0.39 is 0 Å². The van der Waals surface area contributed by atoms with Crippen LogP contribution in [0.15, 0.2) is 6.58 Å². The van der Waals surface area contributed by atoms with Crippen LogP contribution in [0.5, 0.6) is 0 Å². The molecule has 0 aliphatic rings. The predicted octanol–water partition coefficient (Wildman–Crippen LogP) is -5.35. The van der Waals surface area contributed by atoms with Crippen molar-refractivity contribution in [2.75, 3.05) is 0 Å². The van der Waals surface area contributed by atoms with Gasteiger partial charge in [-0.1, -0.05) is 0 Å². The summed E-state index contributed by atoms with van der Waals surface area (Å²) in [5, 5.41) is 5.85. The third kappa shape index (κ3) is 30.9. The Morgan fingerprint density at radius 1 is 1.60 bits per heavy atom. The molecule has 0 aliphatic heterocycles. The van der Waals surface area contributed by atoms with Crippen molar-refractivity contribution < 1.29 is 62.0 Å². The topological polar surface area (TPSA) is 23.9 Å². The quantitative estimate of drug-likeness (QED) is 0.226. The van der Waals surface area contributed by atoms with E-state index in [-0.39, 0.29) is 62.0 Å². The van der Waals surface area contributed by atoms with E-state index in [0.29, 0.717) is 0 Å². The molecule has 0 rings (SSSR count). The van der Waals surface area contributed by atoms with E-state index in [4.69, 9.17) is 5.41 Å². The maximum absolute atomic E-state index is 5.85. The van der Waals surface area contributed by atoms with Crippen molar-refractivity contribution in [2.45, 2.75) is 0 Å². The van der Waals surface area contributed by atoms with Crippen molar-refractivity contribution in [3.63, 3.8) is 0 Å². The van der Waals surface area contributed by atoms with E-state index in [2.05, 4.69) is 6.58 Å². The van der Waals surface area contributed by atoms with Gasteiger partial charge in [-0.15, -0.1) is 0 Å².